The third kappa shape index (κ3) is 3.04. The first-order valence-electron chi connectivity index (χ1n) is 7.64. The van der Waals surface area contributed by atoms with E-state index in [1.165, 1.54) is 6.07 Å². The Morgan fingerprint density at radius 2 is 2.05 bits per heavy atom. The number of benzene rings is 1. The molecule has 2 fully saturated rings. The summed E-state index contributed by atoms with van der Waals surface area (Å²) in [6.45, 7) is 4.49. The zero-order valence-corrected chi connectivity index (χ0v) is 12.4. The molecule has 2 heterocycles. The molecule has 1 aromatic rings. The SMILES string of the molecule is O=C(C1CCNC1)N1CCN(c2cccc([N+](=O)[O-])c2)CC1. The number of nitro benzene ring substituents is 1. The van der Waals surface area contributed by atoms with Crippen molar-refractivity contribution in [2.45, 2.75) is 6.42 Å². The summed E-state index contributed by atoms with van der Waals surface area (Å²) in [7, 11) is 0. The van der Waals surface area contributed by atoms with Gasteiger partial charge in [-0.1, -0.05) is 6.07 Å². The number of nitro groups is 1. The number of amides is 1. The lowest BCUT2D eigenvalue weighted by molar-refractivity contribution is -0.384. The Hall–Kier alpha value is -2.15. The number of hydrogen-bond donors (Lipinski definition) is 1. The summed E-state index contributed by atoms with van der Waals surface area (Å²) in [4.78, 5) is 26.9. The third-order valence-electron chi connectivity index (χ3n) is 4.41. The molecule has 7 nitrogen and oxygen atoms in total. The first-order valence-corrected chi connectivity index (χ1v) is 7.64. The number of non-ortho nitro benzene ring substituents is 1. The van der Waals surface area contributed by atoms with Crippen molar-refractivity contribution in [1.82, 2.24) is 10.2 Å². The summed E-state index contributed by atoms with van der Waals surface area (Å²) in [5, 5.41) is 14.1. The normalized spacial score (nSPS) is 21.9. The van der Waals surface area contributed by atoms with Gasteiger partial charge in [0.25, 0.3) is 5.69 Å². The Labute approximate surface area is 129 Å². The number of carbonyl (C=O) groups excluding carboxylic acids is 1. The van der Waals surface area contributed by atoms with Crippen LogP contribution in [0.3, 0.4) is 0 Å². The predicted octanol–water partition coefficient (Wildman–Crippen LogP) is 0.853. The van der Waals surface area contributed by atoms with Crippen molar-refractivity contribution in [3.05, 3.63) is 34.4 Å². The Morgan fingerprint density at radius 1 is 1.27 bits per heavy atom. The van der Waals surface area contributed by atoms with Crippen molar-refractivity contribution in [3.63, 3.8) is 0 Å². The summed E-state index contributed by atoms with van der Waals surface area (Å²) in [5.74, 6) is 0.355. The van der Waals surface area contributed by atoms with Gasteiger partial charge < -0.3 is 15.1 Å². The molecule has 1 aromatic carbocycles. The molecule has 0 radical (unpaired) electrons. The van der Waals surface area contributed by atoms with Crippen LogP contribution in [0.5, 0.6) is 0 Å². The van der Waals surface area contributed by atoms with Crippen LogP contribution in [0, 0.1) is 16.0 Å². The molecule has 2 aliphatic heterocycles. The van der Waals surface area contributed by atoms with Crippen LogP contribution in [0.15, 0.2) is 24.3 Å². The minimum absolute atomic E-state index is 0.105. The molecule has 2 aliphatic rings. The number of nitrogens with one attached hydrogen (secondary N) is 1. The van der Waals surface area contributed by atoms with E-state index in [4.69, 9.17) is 0 Å². The van der Waals surface area contributed by atoms with E-state index in [9.17, 15) is 14.9 Å². The van der Waals surface area contributed by atoms with Gasteiger partial charge in [0.15, 0.2) is 0 Å². The van der Waals surface area contributed by atoms with Crippen molar-refractivity contribution in [3.8, 4) is 0 Å². The average molecular weight is 304 g/mol. The van der Waals surface area contributed by atoms with Gasteiger partial charge in [-0.15, -0.1) is 0 Å². The maximum atomic E-state index is 12.4. The molecule has 1 N–H and O–H groups in total. The number of hydrogen-bond acceptors (Lipinski definition) is 5. The molecule has 2 saturated heterocycles. The van der Waals surface area contributed by atoms with Crippen molar-refractivity contribution in [2.24, 2.45) is 5.92 Å². The highest BCUT2D eigenvalue weighted by molar-refractivity contribution is 5.79. The lowest BCUT2D eigenvalue weighted by Gasteiger charge is -2.37. The van der Waals surface area contributed by atoms with Gasteiger partial charge in [0.1, 0.15) is 0 Å². The molecule has 3 rings (SSSR count). The van der Waals surface area contributed by atoms with E-state index in [1.54, 1.807) is 12.1 Å². The number of carbonyl (C=O) groups is 1. The van der Waals surface area contributed by atoms with Crippen molar-refractivity contribution >= 4 is 17.3 Å². The van der Waals surface area contributed by atoms with Crippen molar-refractivity contribution in [2.75, 3.05) is 44.2 Å². The molecule has 1 amide bonds. The van der Waals surface area contributed by atoms with E-state index in [2.05, 4.69) is 10.2 Å². The first-order chi connectivity index (χ1) is 10.6. The minimum atomic E-state index is -0.379. The molecule has 118 valence electrons. The molecule has 0 saturated carbocycles. The van der Waals surface area contributed by atoms with Gasteiger partial charge in [-0.25, -0.2) is 0 Å². The van der Waals surface area contributed by atoms with Crippen LogP contribution in [0.25, 0.3) is 0 Å². The van der Waals surface area contributed by atoms with E-state index in [1.807, 2.05) is 11.0 Å². The zero-order valence-electron chi connectivity index (χ0n) is 12.4. The van der Waals surface area contributed by atoms with Crippen LogP contribution in [-0.4, -0.2) is 55.0 Å². The quantitative estimate of drug-likeness (QED) is 0.661. The topological polar surface area (TPSA) is 78.7 Å². The molecule has 1 atom stereocenters. The van der Waals surface area contributed by atoms with Gasteiger partial charge in [-0.2, -0.15) is 0 Å². The molecule has 0 aliphatic carbocycles. The second-order valence-corrected chi connectivity index (χ2v) is 5.78. The molecule has 22 heavy (non-hydrogen) atoms. The Balaban J connectivity index is 1.60. The number of nitrogens with zero attached hydrogens (tertiary/aromatic N) is 3. The smallest absolute Gasteiger partial charge is 0.271 e. The second kappa shape index (κ2) is 6.31. The standard InChI is InChI=1S/C15H20N4O3/c20-15(12-4-5-16-11-12)18-8-6-17(7-9-18)13-2-1-3-14(10-13)19(21)22/h1-3,10,12,16H,4-9,11H2. The van der Waals surface area contributed by atoms with Gasteiger partial charge in [0.05, 0.1) is 10.8 Å². The summed E-state index contributed by atoms with van der Waals surface area (Å²) >= 11 is 0. The average Bonchev–Trinajstić information content (AvgIpc) is 3.09. The highest BCUT2D eigenvalue weighted by atomic mass is 16.6. The van der Waals surface area contributed by atoms with Gasteiger partial charge in [0.2, 0.25) is 5.91 Å². The molecule has 0 bridgehead atoms. The lowest BCUT2D eigenvalue weighted by atomic mass is 10.1. The lowest BCUT2D eigenvalue weighted by Crippen LogP contribution is -2.50. The highest BCUT2D eigenvalue weighted by Crippen LogP contribution is 2.23. The van der Waals surface area contributed by atoms with E-state index < -0.39 is 0 Å². The molecule has 7 heteroatoms. The van der Waals surface area contributed by atoms with Crippen LogP contribution >= 0.6 is 0 Å². The zero-order chi connectivity index (χ0) is 15.5. The van der Waals surface area contributed by atoms with Gasteiger partial charge in [-0.3, -0.25) is 14.9 Å². The fourth-order valence-electron chi connectivity index (χ4n) is 3.11. The molecular weight excluding hydrogens is 284 g/mol. The summed E-state index contributed by atoms with van der Waals surface area (Å²) in [5.41, 5.74) is 0.955. The summed E-state index contributed by atoms with van der Waals surface area (Å²) < 4.78 is 0. The van der Waals surface area contributed by atoms with E-state index >= 15 is 0 Å². The maximum Gasteiger partial charge on any atom is 0.271 e. The van der Waals surface area contributed by atoms with Crippen molar-refractivity contribution < 1.29 is 9.72 Å². The molecule has 0 aromatic heterocycles. The Morgan fingerprint density at radius 3 is 2.68 bits per heavy atom. The predicted molar refractivity (Wildman–Crippen MR) is 82.9 cm³/mol. The van der Waals surface area contributed by atoms with Crippen molar-refractivity contribution in [1.29, 1.82) is 0 Å². The number of anilines is 1. The second-order valence-electron chi connectivity index (χ2n) is 5.78. The molecular formula is C15H20N4O3. The maximum absolute atomic E-state index is 12.4. The number of rotatable bonds is 3. The third-order valence-corrected chi connectivity index (χ3v) is 4.41. The van der Waals surface area contributed by atoms with Gasteiger partial charge >= 0.3 is 0 Å². The fourth-order valence-corrected chi connectivity index (χ4v) is 3.11. The summed E-state index contributed by atoms with van der Waals surface area (Å²) in [6, 6.07) is 6.68. The molecule has 0 spiro atoms. The van der Waals surface area contributed by atoms with E-state index in [0.717, 1.165) is 25.2 Å². The van der Waals surface area contributed by atoms with Crippen LogP contribution in [0.1, 0.15) is 6.42 Å². The highest BCUT2D eigenvalue weighted by Gasteiger charge is 2.29. The largest absolute Gasteiger partial charge is 0.368 e. The van der Waals surface area contributed by atoms with E-state index in [-0.39, 0.29) is 22.4 Å². The monoisotopic (exact) mass is 304 g/mol. The molecule has 1 unspecified atom stereocenters. The number of piperazine rings is 1. The van der Waals surface area contributed by atoms with Crippen LogP contribution < -0.4 is 10.2 Å². The Kier molecular flexibility index (Phi) is 4.24. The first kappa shape index (κ1) is 14.8. The van der Waals surface area contributed by atoms with E-state index in [0.29, 0.717) is 26.2 Å². The van der Waals surface area contributed by atoms with Crippen LogP contribution in [0.2, 0.25) is 0 Å². The summed E-state index contributed by atoms with van der Waals surface area (Å²) in [6.07, 6.45) is 0.921. The Bertz CT molecular complexity index is 564. The fraction of sp³-hybridized carbons (Fsp3) is 0.533. The van der Waals surface area contributed by atoms with Gasteiger partial charge in [-0.05, 0) is 19.0 Å². The van der Waals surface area contributed by atoms with Gasteiger partial charge in [0, 0.05) is 50.5 Å². The minimum Gasteiger partial charge on any atom is -0.368 e. The van der Waals surface area contributed by atoms with Crippen LogP contribution in [-0.2, 0) is 4.79 Å². The van der Waals surface area contributed by atoms with Crippen LogP contribution in [0.4, 0.5) is 11.4 Å².